The highest BCUT2D eigenvalue weighted by Gasteiger charge is 2.46. The van der Waals surface area contributed by atoms with Gasteiger partial charge < -0.3 is 9.47 Å². The van der Waals surface area contributed by atoms with Gasteiger partial charge in [-0.2, -0.15) is 0 Å². The number of piperidine rings is 1. The molecule has 1 aromatic carbocycles. The Balaban J connectivity index is 1.61. The van der Waals surface area contributed by atoms with Crippen LogP contribution in [-0.4, -0.2) is 65.5 Å². The molecule has 2 aliphatic rings. The number of imide groups is 1. The number of hydrogen-bond donors (Lipinski definition) is 0. The topological polar surface area (TPSA) is 76.2 Å². The minimum Gasteiger partial charge on any atom is -0.497 e. The molecule has 2 unspecified atom stereocenters. The Hall–Kier alpha value is -2.41. The fraction of sp³-hybridized carbons (Fsp3) is 0.750. The summed E-state index contributed by atoms with van der Waals surface area (Å²) in [5.74, 6) is -0.887. The van der Waals surface area contributed by atoms with Crippen LogP contribution in [0, 0.1) is 5.92 Å². The van der Waals surface area contributed by atoms with E-state index in [0.29, 0.717) is 12.3 Å². The molecule has 3 rings (SSSR count). The lowest BCUT2D eigenvalue weighted by Gasteiger charge is -2.53. The zero-order valence-corrected chi connectivity index (χ0v) is 28.1. The maximum atomic E-state index is 13.6. The number of esters is 1. The Bertz CT molecular complexity index is 1030. The lowest BCUT2D eigenvalue weighted by atomic mass is 9.78. The van der Waals surface area contributed by atoms with Gasteiger partial charge in [0.1, 0.15) is 11.9 Å². The van der Waals surface area contributed by atoms with Crippen LogP contribution in [0.4, 0.5) is 0 Å². The first-order valence-corrected chi connectivity index (χ1v) is 16.8. The number of nitrogens with zero attached hydrogens (tertiary/aromatic N) is 2. The number of likely N-dealkylation sites (tertiary alicyclic amines) is 2. The Morgan fingerprint density at radius 3 is 1.95 bits per heavy atom. The highest BCUT2D eigenvalue weighted by Crippen LogP contribution is 2.40. The molecule has 2 fully saturated rings. The molecule has 2 amide bonds. The van der Waals surface area contributed by atoms with Crippen LogP contribution in [0.5, 0.6) is 5.75 Å². The van der Waals surface area contributed by atoms with E-state index in [1.54, 1.807) is 7.11 Å². The molecule has 2 aliphatic heterocycles. The number of hydrogen-bond acceptors (Lipinski definition) is 6. The molecule has 2 heterocycles. The largest absolute Gasteiger partial charge is 0.497 e. The maximum absolute atomic E-state index is 13.6. The Morgan fingerprint density at radius 2 is 1.42 bits per heavy atom. The van der Waals surface area contributed by atoms with E-state index in [-0.39, 0.29) is 47.8 Å². The molecule has 0 aliphatic carbocycles. The average Bonchev–Trinajstić information content (AvgIpc) is 3.23. The number of unbranched alkanes of at least 4 members (excludes halogenated alkanes) is 9. The van der Waals surface area contributed by atoms with Gasteiger partial charge in [-0.1, -0.05) is 76.8 Å². The standard InChI is InChI=1S/C36H58N2O5/c1-8-9-10-11-12-13-14-15-16-17-22-38-32(39)23-31(34(38)41)30(27-18-20-28(42-7)21-19-27)24-33(40)43-29-25-35(2,3)37(6)36(4,5)26-29/h18-21,29-31H,8-17,22-26H2,1-7H3. The summed E-state index contributed by atoms with van der Waals surface area (Å²) >= 11 is 0. The number of carbonyl (C=O) groups excluding carboxylic acids is 3. The van der Waals surface area contributed by atoms with Crippen LogP contribution in [0.3, 0.4) is 0 Å². The maximum Gasteiger partial charge on any atom is 0.306 e. The predicted molar refractivity (Wildman–Crippen MR) is 172 cm³/mol. The molecule has 7 nitrogen and oxygen atoms in total. The lowest BCUT2D eigenvalue weighted by Crippen LogP contribution is -2.60. The number of ether oxygens (including phenoxy) is 2. The van der Waals surface area contributed by atoms with Crippen LogP contribution >= 0.6 is 0 Å². The highest BCUT2D eigenvalue weighted by molar-refractivity contribution is 6.04. The third kappa shape index (κ3) is 9.79. The number of carbonyl (C=O) groups is 3. The molecule has 0 N–H and O–H groups in total. The summed E-state index contributed by atoms with van der Waals surface area (Å²) in [4.78, 5) is 44.0. The van der Waals surface area contributed by atoms with Crippen molar-refractivity contribution in [3.63, 3.8) is 0 Å². The van der Waals surface area contributed by atoms with Gasteiger partial charge in [0, 0.05) is 42.8 Å². The molecule has 0 bridgehead atoms. The molecular weight excluding hydrogens is 540 g/mol. The van der Waals surface area contributed by atoms with Gasteiger partial charge in [0.15, 0.2) is 0 Å². The van der Waals surface area contributed by atoms with Crippen molar-refractivity contribution in [1.82, 2.24) is 9.80 Å². The summed E-state index contributed by atoms with van der Waals surface area (Å²) in [6, 6.07) is 7.50. The molecular formula is C36H58N2O5. The van der Waals surface area contributed by atoms with Crippen LogP contribution in [0.15, 0.2) is 24.3 Å². The van der Waals surface area contributed by atoms with E-state index in [2.05, 4.69) is 46.6 Å². The first kappa shape index (κ1) is 35.1. The predicted octanol–water partition coefficient (Wildman–Crippen LogP) is 7.66. The summed E-state index contributed by atoms with van der Waals surface area (Å²) in [7, 11) is 3.74. The van der Waals surface area contributed by atoms with Crippen LogP contribution in [-0.2, 0) is 19.1 Å². The van der Waals surface area contributed by atoms with E-state index < -0.39 is 11.8 Å². The van der Waals surface area contributed by atoms with Gasteiger partial charge in [-0.15, -0.1) is 0 Å². The lowest BCUT2D eigenvalue weighted by molar-refractivity contribution is -0.159. The second kappa shape index (κ2) is 16.1. The van der Waals surface area contributed by atoms with Crippen LogP contribution in [0.1, 0.15) is 136 Å². The van der Waals surface area contributed by atoms with Crippen molar-refractivity contribution < 1.29 is 23.9 Å². The van der Waals surface area contributed by atoms with Gasteiger partial charge >= 0.3 is 5.97 Å². The third-order valence-electron chi connectivity index (χ3n) is 10.00. The average molecular weight is 599 g/mol. The molecule has 0 spiro atoms. The first-order valence-electron chi connectivity index (χ1n) is 16.8. The minimum atomic E-state index is -0.568. The third-order valence-corrected chi connectivity index (χ3v) is 10.00. The van der Waals surface area contributed by atoms with Gasteiger partial charge in [0.05, 0.1) is 19.4 Å². The monoisotopic (exact) mass is 598 g/mol. The van der Waals surface area contributed by atoms with Crippen LogP contribution in [0.2, 0.25) is 0 Å². The normalized spacial score (nSPS) is 21.3. The van der Waals surface area contributed by atoms with Crippen molar-refractivity contribution >= 4 is 17.8 Å². The number of methoxy groups -OCH3 is 1. The fourth-order valence-electron chi connectivity index (χ4n) is 7.14. The molecule has 242 valence electrons. The number of amides is 2. The van der Waals surface area contributed by atoms with Crippen molar-refractivity contribution in [3.05, 3.63) is 29.8 Å². The summed E-state index contributed by atoms with van der Waals surface area (Å²) in [6.07, 6.45) is 13.5. The fourth-order valence-corrected chi connectivity index (χ4v) is 7.14. The van der Waals surface area contributed by atoms with E-state index in [1.165, 1.54) is 49.8 Å². The van der Waals surface area contributed by atoms with Crippen LogP contribution in [0.25, 0.3) is 0 Å². The second-order valence-corrected chi connectivity index (χ2v) is 14.2. The molecule has 1 aromatic rings. The molecule has 0 aromatic heterocycles. The molecule has 7 heteroatoms. The molecule has 2 saturated heterocycles. The quantitative estimate of drug-likeness (QED) is 0.104. The summed E-state index contributed by atoms with van der Waals surface area (Å²) in [6.45, 7) is 11.4. The number of rotatable bonds is 17. The minimum absolute atomic E-state index is 0.0648. The van der Waals surface area contributed by atoms with E-state index in [9.17, 15) is 14.4 Å². The van der Waals surface area contributed by atoms with Gasteiger partial charge in [-0.25, -0.2) is 0 Å². The summed E-state index contributed by atoms with van der Waals surface area (Å²) in [5, 5.41) is 0. The Labute approximate surface area is 261 Å². The summed E-state index contributed by atoms with van der Waals surface area (Å²) < 4.78 is 11.4. The Morgan fingerprint density at radius 1 is 0.884 bits per heavy atom. The van der Waals surface area contributed by atoms with Crippen molar-refractivity contribution in [2.75, 3.05) is 20.7 Å². The molecule has 0 saturated carbocycles. The number of benzene rings is 1. The molecule has 0 radical (unpaired) electrons. The van der Waals surface area contributed by atoms with E-state index in [0.717, 1.165) is 37.7 Å². The zero-order valence-electron chi connectivity index (χ0n) is 28.1. The van der Waals surface area contributed by atoms with Gasteiger partial charge in [0.25, 0.3) is 0 Å². The smallest absolute Gasteiger partial charge is 0.306 e. The van der Waals surface area contributed by atoms with Crippen LogP contribution < -0.4 is 4.74 Å². The van der Waals surface area contributed by atoms with Crippen molar-refractivity contribution in [3.8, 4) is 5.75 Å². The SMILES string of the molecule is CCCCCCCCCCCCN1C(=O)CC(C(CC(=O)OC2CC(C)(C)N(C)C(C)(C)C2)c2ccc(OC)cc2)C1=O. The van der Waals surface area contributed by atoms with Gasteiger partial charge in [0.2, 0.25) is 11.8 Å². The first-order chi connectivity index (χ1) is 20.4. The van der Waals surface area contributed by atoms with E-state index in [1.807, 2.05) is 24.3 Å². The highest BCUT2D eigenvalue weighted by atomic mass is 16.5. The second-order valence-electron chi connectivity index (χ2n) is 14.2. The van der Waals surface area contributed by atoms with Gasteiger partial charge in [-0.05, 0) is 58.9 Å². The molecule has 2 atom stereocenters. The molecule has 43 heavy (non-hydrogen) atoms. The van der Waals surface area contributed by atoms with Crippen molar-refractivity contribution in [1.29, 1.82) is 0 Å². The van der Waals surface area contributed by atoms with Crippen molar-refractivity contribution in [2.24, 2.45) is 5.92 Å². The van der Waals surface area contributed by atoms with Gasteiger partial charge in [-0.3, -0.25) is 24.2 Å². The summed E-state index contributed by atoms with van der Waals surface area (Å²) in [5.41, 5.74) is 0.643. The Kier molecular flexibility index (Phi) is 13.1. The van der Waals surface area contributed by atoms with Crippen molar-refractivity contribution in [2.45, 2.75) is 148 Å². The van der Waals surface area contributed by atoms with E-state index >= 15 is 0 Å². The zero-order chi connectivity index (χ0) is 31.6. The van der Waals surface area contributed by atoms with E-state index in [4.69, 9.17) is 9.47 Å².